The van der Waals surface area contributed by atoms with Gasteiger partial charge in [0.15, 0.2) is 0 Å². The molecule has 0 fully saturated rings. The van der Waals surface area contributed by atoms with Crippen LogP contribution in [0.1, 0.15) is 16.7 Å². The summed E-state index contributed by atoms with van der Waals surface area (Å²) in [6.07, 6.45) is -5.04. The predicted octanol–water partition coefficient (Wildman–Crippen LogP) is 5.72. The number of ether oxygens (including phenoxy) is 1. The maximum atomic E-state index is 14.2. The van der Waals surface area contributed by atoms with Crippen LogP contribution in [0, 0.1) is 5.82 Å². The number of hydrogen-bond donors (Lipinski definition) is 1. The summed E-state index contributed by atoms with van der Waals surface area (Å²) in [5.41, 5.74) is -0.0133. The fourth-order valence-electron chi connectivity index (χ4n) is 2.85. The number of carboxylic acid groups (broad SMARTS) is 1. The van der Waals surface area contributed by atoms with Crippen molar-refractivity contribution in [1.29, 1.82) is 0 Å². The molecule has 3 nitrogen and oxygen atoms in total. The van der Waals surface area contributed by atoms with Crippen LogP contribution in [0.5, 0.6) is 5.75 Å². The van der Waals surface area contributed by atoms with Crippen LogP contribution in [-0.2, 0) is 24.0 Å². The minimum Gasteiger partial charge on any atom is -0.489 e. The first kappa shape index (κ1) is 20.4. The zero-order valence-corrected chi connectivity index (χ0v) is 15.0. The molecule has 0 saturated carbocycles. The van der Waals surface area contributed by atoms with Crippen molar-refractivity contribution in [2.24, 2.45) is 0 Å². The molecule has 1 N–H and O–H groups in total. The van der Waals surface area contributed by atoms with Gasteiger partial charge in [0.05, 0.1) is 12.0 Å². The van der Waals surface area contributed by atoms with E-state index in [-0.39, 0.29) is 29.0 Å². The molecule has 0 saturated heterocycles. The fourth-order valence-corrected chi connectivity index (χ4v) is 2.85. The molecule has 7 heteroatoms. The lowest BCUT2D eigenvalue weighted by Crippen LogP contribution is -2.06. The van der Waals surface area contributed by atoms with E-state index < -0.39 is 29.9 Å². The van der Waals surface area contributed by atoms with Crippen molar-refractivity contribution < 1.29 is 32.2 Å². The number of benzene rings is 3. The maximum absolute atomic E-state index is 14.2. The standard InChI is InChI=1S/C22H16F4O3/c23-19-8-7-17(22(24,25)26)12-18(19)15-6-9-20(16(10-15)11-21(27)28)29-13-14-4-2-1-3-5-14/h1-10,12H,11,13H2,(H,27,28). The molecule has 0 unspecified atom stereocenters. The fraction of sp³-hybridized carbons (Fsp3) is 0.136. The molecule has 3 rings (SSSR count). The van der Waals surface area contributed by atoms with E-state index in [2.05, 4.69) is 0 Å². The Kier molecular flexibility index (Phi) is 5.87. The van der Waals surface area contributed by atoms with E-state index >= 15 is 0 Å². The molecule has 0 radical (unpaired) electrons. The zero-order chi connectivity index (χ0) is 21.0. The third-order valence-corrected chi connectivity index (χ3v) is 4.24. The maximum Gasteiger partial charge on any atom is 0.416 e. The van der Waals surface area contributed by atoms with Gasteiger partial charge in [-0.05, 0) is 41.5 Å². The molecule has 0 heterocycles. The number of halogens is 4. The second-order valence-corrected chi connectivity index (χ2v) is 6.36. The highest BCUT2D eigenvalue weighted by molar-refractivity contribution is 5.74. The van der Waals surface area contributed by atoms with E-state index in [4.69, 9.17) is 9.84 Å². The Hall–Kier alpha value is -3.35. The molecule has 0 amide bonds. The van der Waals surface area contributed by atoms with Crippen LogP contribution >= 0.6 is 0 Å². The molecular formula is C22H16F4O3. The van der Waals surface area contributed by atoms with Crippen molar-refractivity contribution in [1.82, 2.24) is 0 Å². The first-order valence-corrected chi connectivity index (χ1v) is 8.62. The molecule has 3 aromatic carbocycles. The summed E-state index contributed by atoms with van der Waals surface area (Å²) >= 11 is 0. The monoisotopic (exact) mass is 404 g/mol. The normalized spacial score (nSPS) is 11.3. The van der Waals surface area contributed by atoms with Crippen LogP contribution in [0.2, 0.25) is 0 Å². The first-order valence-electron chi connectivity index (χ1n) is 8.62. The van der Waals surface area contributed by atoms with E-state index in [0.717, 1.165) is 11.6 Å². The highest BCUT2D eigenvalue weighted by Gasteiger charge is 2.31. The molecule has 0 spiro atoms. The Morgan fingerprint density at radius 1 is 0.966 bits per heavy atom. The van der Waals surface area contributed by atoms with Crippen molar-refractivity contribution in [2.75, 3.05) is 0 Å². The molecule has 0 aliphatic heterocycles. The Labute approximate surface area is 164 Å². The molecule has 0 aliphatic rings. The van der Waals surface area contributed by atoms with Crippen molar-refractivity contribution in [3.8, 4) is 16.9 Å². The summed E-state index contributed by atoms with van der Waals surface area (Å²) in [4.78, 5) is 11.2. The number of carbonyl (C=O) groups is 1. The Balaban J connectivity index is 1.96. The highest BCUT2D eigenvalue weighted by Crippen LogP contribution is 2.35. The lowest BCUT2D eigenvalue weighted by Gasteiger charge is -2.14. The zero-order valence-electron chi connectivity index (χ0n) is 15.0. The highest BCUT2D eigenvalue weighted by atomic mass is 19.4. The minimum absolute atomic E-state index is 0.136. The third kappa shape index (κ3) is 5.13. The Morgan fingerprint density at radius 2 is 1.69 bits per heavy atom. The van der Waals surface area contributed by atoms with Gasteiger partial charge in [0.2, 0.25) is 0 Å². The number of hydrogen-bond acceptors (Lipinski definition) is 2. The van der Waals surface area contributed by atoms with Gasteiger partial charge >= 0.3 is 12.1 Å². The lowest BCUT2D eigenvalue weighted by molar-refractivity contribution is -0.138. The smallest absolute Gasteiger partial charge is 0.416 e. The predicted molar refractivity (Wildman–Crippen MR) is 99.0 cm³/mol. The van der Waals surface area contributed by atoms with Gasteiger partial charge in [-0.15, -0.1) is 0 Å². The summed E-state index contributed by atoms with van der Waals surface area (Å²) in [6.45, 7) is 0.185. The van der Waals surface area contributed by atoms with Gasteiger partial charge in [-0.3, -0.25) is 4.79 Å². The quantitative estimate of drug-likeness (QED) is 0.535. The molecule has 0 bridgehead atoms. The number of carboxylic acids is 1. The SMILES string of the molecule is O=C(O)Cc1cc(-c2cc(C(F)(F)F)ccc2F)ccc1OCc1ccccc1. The van der Waals surface area contributed by atoms with E-state index in [1.807, 2.05) is 30.3 Å². The van der Waals surface area contributed by atoms with E-state index in [1.165, 1.54) is 18.2 Å². The van der Waals surface area contributed by atoms with Gasteiger partial charge < -0.3 is 9.84 Å². The van der Waals surface area contributed by atoms with Gasteiger partial charge in [-0.2, -0.15) is 13.2 Å². The van der Waals surface area contributed by atoms with Crippen LogP contribution in [0.4, 0.5) is 17.6 Å². The second-order valence-electron chi connectivity index (χ2n) is 6.36. The summed E-state index contributed by atoms with van der Waals surface area (Å²) < 4.78 is 58.8. The summed E-state index contributed by atoms with van der Waals surface area (Å²) in [6, 6.07) is 15.5. The van der Waals surface area contributed by atoms with Crippen LogP contribution in [0.3, 0.4) is 0 Å². The average molecular weight is 404 g/mol. The molecule has 3 aromatic rings. The molecule has 150 valence electrons. The van der Waals surface area contributed by atoms with Crippen molar-refractivity contribution in [3.63, 3.8) is 0 Å². The largest absolute Gasteiger partial charge is 0.489 e. The topological polar surface area (TPSA) is 46.5 Å². The van der Waals surface area contributed by atoms with Gasteiger partial charge in [-0.25, -0.2) is 4.39 Å². The van der Waals surface area contributed by atoms with Gasteiger partial charge in [0.25, 0.3) is 0 Å². The van der Waals surface area contributed by atoms with Gasteiger partial charge in [0.1, 0.15) is 18.2 Å². The van der Waals surface area contributed by atoms with Gasteiger partial charge in [-0.1, -0.05) is 36.4 Å². The minimum atomic E-state index is -4.62. The van der Waals surface area contributed by atoms with Gasteiger partial charge in [0, 0.05) is 11.1 Å². The number of aliphatic carboxylic acids is 1. The van der Waals surface area contributed by atoms with Crippen LogP contribution in [0.25, 0.3) is 11.1 Å². The Bertz CT molecular complexity index is 1010. The van der Waals surface area contributed by atoms with E-state index in [0.29, 0.717) is 12.1 Å². The van der Waals surface area contributed by atoms with Crippen LogP contribution < -0.4 is 4.74 Å². The second kappa shape index (κ2) is 8.34. The first-order chi connectivity index (χ1) is 13.7. The van der Waals surface area contributed by atoms with Crippen molar-refractivity contribution in [2.45, 2.75) is 19.2 Å². The van der Waals surface area contributed by atoms with Crippen LogP contribution in [-0.4, -0.2) is 11.1 Å². The van der Waals surface area contributed by atoms with E-state index in [9.17, 15) is 22.4 Å². The Morgan fingerprint density at radius 3 is 2.34 bits per heavy atom. The van der Waals surface area contributed by atoms with Crippen molar-refractivity contribution in [3.05, 3.63) is 89.2 Å². The summed E-state index contributed by atoms with van der Waals surface area (Å²) in [5, 5.41) is 9.17. The lowest BCUT2D eigenvalue weighted by atomic mass is 9.98. The molecular weight excluding hydrogens is 388 g/mol. The summed E-state index contributed by atoms with van der Waals surface area (Å²) in [7, 11) is 0. The third-order valence-electron chi connectivity index (χ3n) is 4.24. The molecule has 29 heavy (non-hydrogen) atoms. The molecule has 0 aromatic heterocycles. The number of alkyl halides is 3. The van der Waals surface area contributed by atoms with Crippen molar-refractivity contribution >= 4 is 5.97 Å². The molecule has 0 aliphatic carbocycles. The van der Waals surface area contributed by atoms with E-state index in [1.54, 1.807) is 0 Å². The average Bonchev–Trinajstić information content (AvgIpc) is 2.67. The summed E-state index contributed by atoms with van der Waals surface area (Å²) in [5.74, 6) is -1.71. The van der Waals surface area contributed by atoms with Crippen LogP contribution in [0.15, 0.2) is 66.7 Å². The molecule has 0 atom stereocenters. The number of rotatable bonds is 6.